The van der Waals surface area contributed by atoms with E-state index in [1.807, 2.05) is 5.43 Å². The number of aliphatic hydroxyl groups is 1. The number of anilines is 1. The maximum absolute atomic E-state index is 12.9. The van der Waals surface area contributed by atoms with Crippen LogP contribution in [-0.4, -0.2) is 35.1 Å². The summed E-state index contributed by atoms with van der Waals surface area (Å²) in [5.41, 5.74) is 0.591. The van der Waals surface area contributed by atoms with Crippen LogP contribution in [0, 0.1) is 0 Å². The Kier molecular flexibility index (Phi) is 3.87. The minimum atomic E-state index is -4.61. The molecular formula is C12H14F3N3O2. The van der Waals surface area contributed by atoms with Gasteiger partial charge in [0.25, 0.3) is 5.91 Å². The molecule has 8 heteroatoms. The highest BCUT2D eigenvalue weighted by atomic mass is 19.4. The Bertz CT molecular complexity index is 519. The third kappa shape index (κ3) is 2.86. The maximum Gasteiger partial charge on any atom is 0.418 e. The molecule has 1 atom stereocenters. The lowest BCUT2D eigenvalue weighted by atomic mass is 10.1. The van der Waals surface area contributed by atoms with Gasteiger partial charge in [-0.05, 0) is 24.6 Å². The van der Waals surface area contributed by atoms with Crippen LogP contribution in [0.4, 0.5) is 18.9 Å². The van der Waals surface area contributed by atoms with E-state index in [9.17, 15) is 23.1 Å². The quantitative estimate of drug-likeness (QED) is 0.564. The average Bonchev–Trinajstić information content (AvgIpc) is 2.83. The number of nitrogens with one attached hydrogen (secondary N) is 1. The van der Waals surface area contributed by atoms with E-state index >= 15 is 0 Å². The summed E-state index contributed by atoms with van der Waals surface area (Å²) in [4.78, 5) is 13.4. The van der Waals surface area contributed by atoms with Crippen molar-refractivity contribution in [2.75, 3.05) is 18.5 Å². The van der Waals surface area contributed by atoms with Gasteiger partial charge in [-0.2, -0.15) is 13.2 Å². The SMILES string of the molecule is NNc1ccc(C(=O)N2CCC(O)C2)cc1C(F)(F)F. The molecule has 0 spiro atoms. The lowest BCUT2D eigenvalue weighted by Crippen LogP contribution is -2.30. The molecule has 1 unspecified atom stereocenters. The number of carbonyl (C=O) groups excluding carboxylic acids is 1. The van der Waals surface area contributed by atoms with Gasteiger partial charge in [0.2, 0.25) is 0 Å². The fraction of sp³-hybridized carbons (Fsp3) is 0.417. The van der Waals surface area contributed by atoms with Gasteiger partial charge in [-0.25, -0.2) is 0 Å². The minimum Gasteiger partial charge on any atom is -0.391 e. The molecular weight excluding hydrogens is 275 g/mol. The molecule has 0 bridgehead atoms. The molecule has 110 valence electrons. The van der Waals surface area contributed by atoms with Gasteiger partial charge in [-0.1, -0.05) is 0 Å². The van der Waals surface area contributed by atoms with Crippen molar-refractivity contribution in [2.45, 2.75) is 18.7 Å². The standard InChI is InChI=1S/C12H14F3N3O2/c13-12(14,15)9-5-7(1-2-10(9)17-16)11(20)18-4-3-8(19)6-18/h1-2,5,8,17,19H,3-4,6,16H2. The Morgan fingerprint density at radius 1 is 1.45 bits per heavy atom. The van der Waals surface area contributed by atoms with E-state index < -0.39 is 23.8 Å². The number of hydrogen-bond donors (Lipinski definition) is 3. The predicted octanol–water partition coefficient (Wildman–Crippen LogP) is 1.20. The smallest absolute Gasteiger partial charge is 0.391 e. The summed E-state index contributed by atoms with van der Waals surface area (Å²) in [6, 6.07) is 3.16. The lowest BCUT2D eigenvalue weighted by Gasteiger charge is -2.18. The van der Waals surface area contributed by atoms with Crippen molar-refractivity contribution < 1.29 is 23.1 Å². The van der Waals surface area contributed by atoms with E-state index in [1.54, 1.807) is 0 Å². The van der Waals surface area contributed by atoms with Crippen molar-refractivity contribution >= 4 is 11.6 Å². The molecule has 20 heavy (non-hydrogen) atoms. The predicted molar refractivity (Wildman–Crippen MR) is 65.8 cm³/mol. The molecule has 1 saturated heterocycles. The van der Waals surface area contributed by atoms with Crippen molar-refractivity contribution in [2.24, 2.45) is 5.84 Å². The number of hydrazine groups is 1. The number of nitrogens with two attached hydrogens (primary N) is 1. The zero-order chi connectivity index (χ0) is 14.9. The number of carbonyl (C=O) groups is 1. The van der Waals surface area contributed by atoms with Gasteiger partial charge in [0.15, 0.2) is 0 Å². The largest absolute Gasteiger partial charge is 0.418 e. The van der Waals surface area contributed by atoms with Gasteiger partial charge in [0.05, 0.1) is 17.4 Å². The first-order valence-corrected chi connectivity index (χ1v) is 5.98. The molecule has 4 N–H and O–H groups in total. The first-order chi connectivity index (χ1) is 9.32. The van der Waals surface area contributed by atoms with E-state index in [4.69, 9.17) is 5.84 Å². The van der Waals surface area contributed by atoms with Crippen LogP contribution in [0.25, 0.3) is 0 Å². The molecule has 0 saturated carbocycles. The molecule has 1 aromatic carbocycles. The molecule has 1 fully saturated rings. The van der Waals surface area contributed by atoms with Crippen LogP contribution in [0.1, 0.15) is 22.3 Å². The van der Waals surface area contributed by atoms with Gasteiger partial charge >= 0.3 is 6.18 Å². The Morgan fingerprint density at radius 3 is 2.65 bits per heavy atom. The second kappa shape index (κ2) is 5.29. The summed E-state index contributed by atoms with van der Waals surface area (Å²) in [5.74, 6) is 4.50. The number of likely N-dealkylation sites (tertiary alicyclic amines) is 1. The third-order valence-corrected chi connectivity index (χ3v) is 3.18. The van der Waals surface area contributed by atoms with E-state index in [-0.39, 0.29) is 17.8 Å². The number of rotatable bonds is 2. The van der Waals surface area contributed by atoms with Gasteiger partial charge in [-0.15, -0.1) is 0 Å². The first-order valence-electron chi connectivity index (χ1n) is 5.98. The summed E-state index contributed by atoms with van der Waals surface area (Å²) in [6.07, 6.45) is -4.80. The fourth-order valence-corrected chi connectivity index (χ4v) is 2.15. The number of nitrogen functional groups attached to an aromatic ring is 1. The number of nitrogens with zero attached hydrogens (tertiary/aromatic N) is 1. The second-order valence-corrected chi connectivity index (χ2v) is 4.60. The van der Waals surface area contributed by atoms with E-state index in [0.29, 0.717) is 13.0 Å². The summed E-state index contributed by atoms with van der Waals surface area (Å²) in [6.45, 7) is 0.468. The molecule has 1 heterocycles. The maximum atomic E-state index is 12.9. The summed E-state index contributed by atoms with van der Waals surface area (Å²) in [7, 11) is 0. The Labute approximate surface area is 113 Å². The van der Waals surface area contributed by atoms with Crippen LogP contribution in [0.3, 0.4) is 0 Å². The molecule has 1 aliphatic rings. The Hall–Kier alpha value is -1.80. The highest BCUT2D eigenvalue weighted by molar-refractivity contribution is 5.95. The van der Waals surface area contributed by atoms with Gasteiger partial charge in [0.1, 0.15) is 0 Å². The summed E-state index contributed by atoms with van der Waals surface area (Å²) < 4.78 is 38.6. The second-order valence-electron chi connectivity index (χ2n) is 4.60. The van der Waals surface area contributed by atoms with Crippen molar-refractivity contribution in [1.29, 1.82) is 0 Å². The molecule has 0 radical (unpaired) electrons. The van der Waals surface area contributed by atoms with Gasteiger partial charge in [0, 0.05) is 18.7 Å². The zero-order valence-electron chi connectivity index (χ0n) is 10.4. The normalized spacial score (nSPS) is 19.2. The summed E-state index contributed by atoms with van der Waals surface area (Å²) >= 11 is 0. The molecule has 5 nitrogen and oxygen atoms in total. The van der Waals surface area contributed by atoms with E-state index in [1.165, 1.54) is 11.0 Å². The topological polar surface area (TPSA) is 78.6 Å². The van der Waals surface area contributed by atoms with Crippen LogP contribution in [0.2, 0.25) is 0 Å². The molecule has 0 aliphatic carbocycles. The van der Waals surface area contributed by atoms with Crippen LogP contribution in [-0.2, 0) is 6.18 Å². The van der Waals surface area contributed by atoms with Crippen LogP contribution < -0.4 is 11.3 Å². The van der Waals surface area contributed by atoms with Crippen LogP contribution in [0.5, 0.6) is 0 Å². The summed E-state index contributed by atoms with van der Waals surface area (Å²) in [5, 5.41) is 9.36. The number of hydrogen-bond acceptors (Lipinski definition) is 4. The Balaban J connectivity index is 2.31. The Morgan fingerprint density at radius 2 is 2.15 bits per heavy atom. The highest BCUT2D eigenvalue weighted by Crippen LogP contribution is 2.35. The van der Waals surface area contributed by atoms with Gasteiger partial charge < -0.3 is 15.4 Å². The van der Waals surface area contributed by atoms with Crippen molar-refractivity contribution in [3.8, 4) is 0 Å². The molecule has 2 rings (SSSR count). The lowest BCUT2D eigenvalue weighted by molar-refractivity contribution is -0.137. The molecule has 1 aromatic rings. The number of halogens is 3. The van der Waals surface area contributed by atoms with Crippen LogP contribution in [0.15, 0.2) is 18.2 Å². The molecule has 0 aromatic heterocycles. The average molecular weight is 289 g/mol. The minimum absolute atomic E-state index is 0.0783. The number of alkyl halides is 3. The highest BCUT2D eigenvalue weighted by Gasteiger charge is 2.35. The zero-order valence-corrected chi connectivity index (χ0v) is 10.4. The number of β-amino-alcohol motifs (C(OH)–C–C–N with tert-alkyl or cyclic N) is 1. The van der Waals surface area contributed by atoms with E-state index in [0.717, 1.165) is 12.1 Å². The fourth-order valence-electron chi connectivity index (χ4n) is 2.15. The van der Waals surface area contributed by atoms with Crippen molar-refractivity contribution in [3.63, 3.8) is 0 Å². The first kappa shape index (κ1) is 14.6. The molecule has 1 amide bonds. The number of amides is 1. The van der Waals surface area contributed by atoms with Crippen molar-refractivity contribution in [1.82, 2.24) is 4.90 Å². The number of aliphatic hydroxyl groups excluding tert-OH is 1. The monoisotopic (exact) mass is 289 g/mol. The van der Waals surface area contributed by atoms with Crippen LogP contribution >= 0.6 is 0 Å². The van der Waals surface area contributed by atoms with Crippen molar-refractivity contribution in [3.05, 3.63) is 29.3 Å². The molecule has 1 aliphatic heterocycles. The van der Waals surface area contributed by atoms with Gasteiger partial charge in [-0.3, -0.25) is 10.6 Å². The third-order valence-electron chi connectivity index (χ3n) is 3.18. The number of benzene rings is 1. The van der Waals surface area contributed by atoms with E-state index in [2.05, 4.69) is 0 Å².